The van der Waals surface area contributed by atoms with Crippen LogP contribution < -0.4 is 5.32 Å². The van der Waals surface area contributed by atoms with Gasteiger partial charge in [-0.3, -0.25) is 4.79 Å². The van der Waals surface area contributed by atoms with E-state index in [9.17, 15) is 10.1 Å². The Hall–Kier alpha value is -1.54. The fourth-order valence-corrected chi connectivity index (χ4v) is 3.61. The van der Waals surface area contributed by atoms with Gasteiger partial charge in [0, 0.05) is 25.3 Å². The smallest absolute Gasteiger partial charge is 0.266 e. The highest BCUT2D eigenvalue weighted by Crippen LogP contribution is 2.17. The third kappa shape index (κ3) is 7.48. The van der Waals surface area contributed by atoms with Gasteiger partial charge in [0.2, 0.25) is 0 Å². The number of hydrogen-bond acceptors (Lipinski definition) is 4. The van der Waals surface area contributed by atoms with E-state index in [2.05, 4.69) is 11.4 Å². The number of morpholine rings is 1. The van der Waals surface area contributed by atoms with Crippen LogP contribution in [0.1, 0.15) is 70.6 Å². The van der Waals surface area contributed by atoms with E-state index in [-0.39, 0.29) is 11.5 Å². The van der Waals surface area contributed by atoms with Crippen molar-refractivity contribution in [2.45, 2.75) is 76.7 Å². The van der Waals surface area contributed by atoms with Crippen molar-refractivity contribution in [1.29, 1.82) is 5.26 Å². The topological polar surface area (TPSA) is 65.4 Å². The van der Waals surface area contributed by atoms with Crippen LogP contribution in [0.3, 0.4) is 0 Å². The molecule has 0 bridgehead atoms. The summed E-state index contributed by atoms with van der Waals surface area (Å²) in [5.41, 5.74) is 0.216. The van der Waals surface area contributed by atoms with Crippen molar-refractivity contribution in [2.75, 3.05) is 26.3 Å². The first-order valence-electron chi connectivity index (χ1n) is 10.0. The molecule has 140 valence electrons. The largest absolute Gasteiger partial charge is 0.387 e. The minimum atomic E-state index is -0.175. The molecule has 1 heterocycles. The molecule has 0 aromatic rings. The molecule has 0 atom stereocenters. The zero-order chi connectivity index (χ0) is 17.7. The Morgan fingerprint density at radius 2 is 1.48 bits per heavy atom. The first-order valence-corrected chi connectivity index (χ1v) is 10.0. The summed E-state index contributed by atoms with van der Waals surface area (Å²) in [6.07, 6.45) is 15.7. The van der Waals surface area contributed by atoms with Crippen molar-refractivity contribution in [3.63, 3.8) is 0 Å². The molecule has 0 radical (unpaired) electrons. The lowest BCUT2D eigenvalue weighted by Gasteiger charge is -2.26. The van der Waals surface area contributed by atoms with Crippen LogP contribution in [0, 0.1) is 11.3 Å². The monoisotopic (exact) mass is 347 g/mol. The molecular formula is C20H33N3O2. The van der Waals surface area contributed by atoms with Gasteiger partial charge < -0.3 is 15.0 Å². The van der Waals surface area contributed by atoms with Gasteiger partial charge in [-0.2, -0.15) is 5.26 Å². The molecule has 2 fully saturated rings. The zero-order valence-corrected chi connectivity index (χ0v) is 15.5. The van der Waals surface area contributed by atoms with Gasteiger partial charge in [-0.25, -0.2) is 0 Å². The van der Waals surface area contributed by atoms with Crippen molar-refractivity contribution >= 4 is 5.91 Å². The fourth-order valence-electron chi connectivity index (χ4n) is 3.61. The van der Waals surface area contributed by atoms with Crippen LogP contribution in [0.5, 0.6) is 0 Å². The van der Waals surface area contributed by atoms with Crippen LogP contribution in [0.25, 0.3) is 0 Å². The quantitative estimate of drug-likeness (QED) is 0.627. The number of nitrogens with one attached hydrogen (secondary N) is 1. The molecule has 5 heteroatoms. The molecule has 1 saturated carbocycles. The molecule has 1 amide bonds. The van der Waals surface area contributed by atoms with Gasteiger partial charge >= 0.3 is 0 Å². The SMILES string of the molecule is N#C/C(=C/NC1CCCCCCCCCCC1)C(=O)N1CCOCC1. The van der Waals surface area contributed by atoms with Crippen molar-refractivity contribution in [3.8, 4) is 6.07 Å². The highest BCUT2D eigenvalue weighted by molar-refractivity contribution is 5.97. The van der Waals surface area contributed by atoms with Crippen molar-refractivity contribution < 1.29 is 9.53 Å². The number of nitriles is 1. The maximum atomic E-state index is 12.4. The van der Waals surface area contributed by atoms with Gasteiger partial charge in [0.1, 0.15) is 11.6 Å². The Balaban J connectivity index is 1.87. The van der Waals surface area contributed by atoms with Crippen molar-refractivity contribution in [3.05, 3.63) is 11.8 Å². The molecule has 0 aromatic carbocycles. The molecule has 0 unspecified atom stereocenters. The van der Waals surface area contributed by atoms with Crippen LogP contribution in [-0.4, -0.2) is 43.2 Å². The van der Waals surface area contributed by atoms with E-state index in [4.69, 9.17) is 4.74 Å². The molecule has 1 saturated heterocycles. The average molecular weight is 348 g/mol. The average Bonchev–Trinajstić information content (AvgIpc) is 2.64. The number of carbonyl (C=O) groups is 1. The van der Waals surface area contributed by atoms with Crippen LogP contribution >= 0.6 is 0 Å². The lowest BCUT2D eigenvalue weighted by atomic mass is 9.98. The second-order valence-electron chi connectivity index (χ2n) is 7.20. The second kappa shape index (κ2) is 11.9. The van der Waals surface area contributed by atoms with E-state index in [0.29, 0.717) is 32.3 Å². The van der Waals surface area contributed by atoms with Crippen molar-refractivity contribution in [2.24, 2.45) is 0 Å². The van der Waals surface area contributed by atoms with Gasteiger partial charge in [0.05, 0.1) is 13.2 Å². The normalized spacial score (nSPS) is 22.4. The third-order valence-electron chi connectivity index (χ3n) is 5.22. The molecule has 0 aromatic heterocycles. The summed E-state index contributed by atoms with van der Waals surface area (Å²) in [7, 11) is 0. The summed E-state index contributed by atoms with van der Waals surface area (Å²) in [6.45, 7) is 2.25. The zero-order valence-electron chi connectivity index (χ0n) is 15.5. The van der Waals surface area contributed by atoms with Gasteiger partial charge in [-0.05, 0) is 12.8 Å². The van der Waals surface area contributed by atoms with E-state index in [0.717, 1.165) is 12.8 Å². The first-order chi connectivity index (χ1) is 12.3. The summed E-state index contributed by atoms with van der Waals surface area (Å²) in [6, 6.07) is 2.45. The number of carbonyl (C=O) groups excluding carboxylic acids is 1. The lowest BCUT2D eigenvalue weighted by Crippen LogP contribution is -2.41. The van der Waals surface area contributed by atoms with Gasteiger partial charge in [0.25, 0.3) is 5.91 Å². The molecule has 5 nitrogen and oxygen atoms in total. The summed E-state index contributed by atoms with van der Waals surface area (Å²) in [5, 5.41) is 12.8. The van der Waals surface area contributed by atoms with Crippen LogP contribution in [-0.2, 0) is 9.53 Å². The molecule has 2 rings (SSSR count). The number of hydrogen-bond donors (Lipinski definition) is 1. The minimum Gasteiger partial charge on any atom is -0.387 e. The number of rotatable bonds is 3. The standard InChI is InChI=1S/C20H33N3O2/c21-16-18(20(24)23-12-14-25-15-13-23)17-22-19-10-8-6-4-2-1-3-5-7-9-11-19/h17,19,22H,1-15H2/b18-17-. The summed E-state index contributed by atoms with van der Waals surface area (Å²) in [5.74, 6) is -0.175. The number of nitrogens with zero attached hydrogens (tertiary/aromatic N) is 2. The Bertz CT molecular complexity index is 452. The van der Waals surface area contributed by atoms with E-state index in [1.165, 1.54) is 57.8 Å². The Kier molecular flexibility index (Phi) is 9.43. The van der Waals surface area contributed by atoms with E-state index >= 15 is 0 Å². The van der Waals surface area contributed by atoms with Gasteiger partial charge in [-0.15, -0.1) is 0 Å². The third-order valence-corrected chi connectivity index (χ3v) is 5.22. The first kappa shape index (κ1) is 19.8. The van der Waals surface area contributed by atoms with Crippen molar-refractivity contribution in [1.82, 2.24) is 10.2 Å². The number of amides is 1. The highest BCUT2D eigenvalue weighted by Gasteiger charge is 2.20. The fraction of sp³-hybridized carbons (Fsp3) is 0.800. The van der Waals surface area contributed by atoms with E-state index < -0.39 is 0 Å². The molecule has 0 spiro atoms. The number of ether oxygens (including phenoxy) is 1. The highest BCUT2D eigenvalue weighted by atomic mass is 16.5. The Labute approximate surface area is 152 Å². The van der Waals surface area contributed by atoms with Gasteiger partial charge in [0.15, 0.2) is 0 Å². The molecule has 1 N–H and O–H groups in total. The molecule has 25 heavy (non-hydrogen) atoms. The second-order valence-corrected chi connectivity index (χ2v) is 7.20. The Morgan fingerprint density at radius 1 is 0.960 bits per heavy atom. The maximum absolute atomic E-state index is 12.4. The lowest BCUT2D eigenvalue weighted by molar-refractivity contribution is -0.130. The molecule has 2 aliphatic rings. The van der Waals surface area contributed by atoms with Gasteiger partial charge in [-0.1, -0.05) is 57.8 Å². The predicted octanol–water partition coefficient (Wildman–Crippen LogP) is 3.52. The van der Waals surface area contributed by atoms with E-state index in [1.807, 2.05) is 0 Å². The van der Waals surface area contributed by atoms with E-state index in [1.54, 1.807) is 11.1 Å². The van der Waals surface area contributed by atoms with Crippen LogP contribution in [0.4, 0.5) is 0 Å². The van der Waals surface area contributed by atoms with Crippen LogP contribution in [0.2, 0.25) is 0 Å². The Morgan fingerprint density at radius 3 is 2.00 bits per heavy atom. The summed E-state index contributed by atoms with van der Waals surface area (Å²) >= 11 is 0. The maximum Gasteiger partial charge on any atom is 0.266 e. The summed E-state index contributed by atoms with van der Waals surface area (Å²) in [4.78, 5) is 14.2. The molecular weight excluding hydrogens is 314 g/mol. The molecule has 1 aliphatic heterocycles. The summed E-state index contributed by atoms with van der Waals surface area (Å²) < 4.78 is 5.27. The minimum absolute atomic E-state index is 0.175. The molecule has 1 aliphatic carbocycles. The van der Waals surface area contributed by atoms with Crippen LogP contribution in [0.15, 0.2) is 11.8 Å². The predicted molar refractivity (Wildman–Crippen MR) is 98.8 cm³/mol.